The largest absolute Gasteiger partial charge is 0.362 e. The number of aromatic amines is 1. The minimum Gasteiger partial charge on any atom is -0.362 e. The van der Waals surface area contributed by atoms with Gasteiger partial charge in [0.15, 0.2) is 5.78 Å². The van der Waals surface area contributed by atoms with E-state index in [0.717, 1.165) is 55.7 Å². The molecule has 0 bridgehead atoms. The first kappa shape index (κ1) is 15.6. The number of nitrogens with one attached hydrogen (secondary N) is 1. The molecule has 0 radical (unpaired) electrons. The van der Waals surface area contributed by atoms with Crippen LogP contribution in [0.25, 0.3) is 0 Å². The third-order valence-electron chi connectivity index (χ3n) is 6.03. The van der Waals surface area contributed by atoms with Gasteiger partial charge >= 0.3 is 0 Å². The molecule has 1 aromatic carbocycles. The normalized spacial score (nSPS) is 23.8. The molecule has 0 spiro atoms. The molecule has 24 heavy (non-hydrogen) atoms. The average Bonchev–Trinajstić information content (AvgIpc) is 2.89. The maximum absolute atomic E-state index is 13.1. The molecule has 2 heterocycles. The van der Waals surface area contributed by atoms with Crippen molar-refractivity contribution in [1.29, 1.82) is 0 Å². The van der Waals surface area contributed by atoms with E-state index in [0.29, 0.717) is 11.7 Å². The molecule has 3 heteroatoms. The van der Waals surface area contributed by atoms with Crippen molar-refractivity contribution in [2.24, 2.45) is 11.8 Å². The second kappa shape index (κ2) is 6.21. The summed E-state index contributed by atoms with van der Waals surface area (Å²) in [6.07, 6.45) is 3.26. The molecule has 1 fully saturated rings. The van der Waals surface area contributed by atoms with Crippen molar-refractivity contribution < 1.29 is 4.79 Å². The molecule has 1 aromatic heterocycles. The van der Waals surface area contributed by atoms with Gasteiger partial charge in [0.1, 0.15) is 0 Å². The van der Waals surface area contributed by atoms with Gasteiger partial charge in [-0.3, -0.25) is 4.79 Å². The van der Waals surface area contributed by atoms with Gasteiger partial charge in [-0.05, 0) is 56.7 Å². The van der Waals surface area contributed by atoms with Crippen molar-refractivity contribution in [3.8, 4) is 0 Å². The van der Waals surface area contributed by atoms with E-state index in [9.17, 15) is 4.79 Å². The quantitative estimate of drug-likeness (QED) is 0.938. The summed E-state index contributed by atoms with van der Waals surface area (Å²) in [5, 5.41) is 0. The number of hydrogen-bond donors (Lipinski definition) is 1. The molecular weight excluding hydrogens is 296 g/mol. The summed E-state index contributed by atoms with van der Waals surface area (Å²) in [4.78, 5) is 19.0. The van der Waals surface area contributed by atoms with Gasteiger partial charge < -0.3 is 9.88 Å². The molecule has 1 aliphatic heterocycles. The van der Waals surface area contributed by atoms with Crippen LogP contribution in [0.1, 0.15) is 39.3 Å². The summed E-state index contributed by atoms with van der Waals surface area (Å²) in [6, 6.07) is 10.7. The number of benzene rings is 1. The van der Waals surface area contributed by atoms with Crippen LogP contribution in [-0.2, 0) is 12.8 Å². The number of H-pyrrole nitrogens is 1. The van der Waals surface area contributed by atoms with E-state index < -0.39 is 0 Å². The third kappa shape index (κ3) is 2.71. The molecule has 2 aromatic rings. The fraction of sp³-hybridized carbons (Fsp3) is 0.476. The van der Waals surface area contributed by atoms with Gasteiger partial charge in [0.2, 0.25) is 0 Å². The Morgan fingerprint density at radius 3 is 2.79 bits per heavy atom. The standard InChI is InChI=1S/C21H26N2O/c1-14-15(2)22-19-12-17-9-11-23(13-18(17)21(24)20(14)19)10-8-16-6-4-3-5-7-16/h3-7,17-18,22H,8-13H2,1-2H3/t17-,18+/m0/s1. The maximum Gasteiger partial charge on any atom is 0.169 e. The van der Waals surface area contributed by atoms with Gasteiger partial charge in [0.05, 0.1) is 0 Å². The zero-order valence-electron chi connectivity index (χ0n) is 14.6. The summed E-state index contributed by atoms with van der Waals surface area (Å²) in [7, 11) is 0. The number of rotatable bonds is 3. The second-order valence-electron chi connectivity index (χ2n) is 7.49. The van der Waals surface area contributed by atoms with Crippen molar-refractivity contribution in [2.75, 3.05) is 19.6 Å². The Morgan fingerprint density at radius 1 is 1.21 bits per heavy atom. The molecule has 1 aliphatic carbocycles. The number of nitrogens with zero attached hydrogens (tertiary/aromatic N) is 1. The Bertz CT molecular complexity index is 747. The minimum absolute atomic E-state index is 0.191. The molecule has 3 nitrogen and oxygen atoms in total. The van der Waals surface area contributed by atoms with Crippen molar-refractivity contribution in [2.45, 2.75) is 33.1 Å². The molecule has 2 aliphatic rings. The van der Waals surface area contributed by atoms with Crippen LogP contribution in [-0.4, -0.2) is 35.3 Å². The zero-order chi connectivity index (χ0) is 16.7. The van der Waals surface area contributed by atoms with Crippen LogP contribution in [0, 0.1) is 25.7 Å². The van der Waals surface area contributed by atoms with Crippen molar-refractivity contribution >= 4 is 5.78 Å². The van der Waals surface area contributed by atoms with E-state index in [1.807, 2.05) is 0 Å². The van der Waals surface area contributed by atoms with Crippen LogP contribution in [0.3, 0.4) is 0 Å². The Balaban J connectivity index is 1.46. The van der Waals surface area contributed by atoms with E-state index in [-0.39, 0.29) is 5.92 Å². The fourth-order valence-corrected chi connectivity index (χ4v) is 4.48. The zero-order valence-corrected chi connectivity index (χ0v) is 14.6. The first-order chi connectivity index (χ1) is 11.6. The Labute approximate surface area is 144 Å². The maximum atomic E-state index is 13.1. The lowest BCUT2D eigenvalue weighted by Crippen LogP contribution is -2.47. The highest BCUT2D eigenvalue weighted by molar-refractivity contribution is 6.02. The minimum atomic E-state index is 0.191. The average molecular weight is 322 g/mol. The number of piperidine rings is 1. The number of Topliss-reactive ketones (excluding diaryl/α,β-unsaturated/α-hetero) is 1. The molecule has 0 amide bonds. The van der Waals surface area contributed by atoms with Gasteiger partial charge in [0, 0.05) is 36.0 Å². The van der Waals surface area contributed by atoms with Crippen molar-refractivity contribution in [3.05, 3.63) is 58.4 Å². The number of aryl methyl sites for hydroxylation is 1. The summed E-state index contributed by atoms with van der Waals surface area (Å²) in [5.74, 6) is 1.10. The Kier molecular flexibility index (Phi) is 4.05. The topological polar surface area (TPSA) is 36.1 Å². The summed E-state index contributed by atoms with van der Waals surface area (Å²) < 4.78 is 0. The predicted molar refractivity (Wildman–Crippen MR) is 96.5 cm³/mol. The summed E-state index contributed by atoms with van der Waals surface area (Å²) in [5.41, 5.74) is 5.89. The lowest BCUT2D eigenvalue weighted by atomic mass is 9.73. The number of aromatic nitrogens is 1. The van der Waals surface area contributed by atoms with E-state index in [4.69, 9.17) is 0 Å². The van der Waals surface area contributed by atoms with Gasteiger partial charge in [-0.2, -0.15) is 0 Å². The van der Waals surface area contributed by atoms with Crippen LogP contribution in [0.15, 0.2) is 30.3 Å². The molecule has 0 unspecified atom stereocenters. The van der Waals surface area contributed by atoms with Gasteiger partial charge in [0.25, 0.3) is 0 Å². The smallest absolute Gasteiger partial charge is 0.169 e. The number of likely N-dealkylation sites (tertiary alicyclic amines) is 1. The highest BCUT2D eigenvalue weighted by atomic mass is 16.1. The monoisotopic (exact) mass is 322 g/mol. The van der Waals surface area contributed by atoms with Gasteiger partial charge in [-0.15, -0.1) is 0 Å². The number of carbonyl (C=O) groups excluding carboxylic acids is 1. The SMILES string of the molecule is Cc1[nH]c2c(c1C)C(=O)[C@@H]1CN(CCc3ccccc3)CC[C@H]1C2. The summed E-state index contributed by atoms with van der Waals surface area (Å²) >= 11 is 0. The van der Waals surface area contributed by atoms with Crippen LogP contribution in [0.5, 0.6) is 0 Å². The molecule has 2 atom stereocenters. The van der Waals surface area contributed by atoms with E-state index in [1.54, 1.807) is 0 Å². The molecule has 1 saturated heterocycles. The van der Waals surface area contributed by atoms with Crippen LogP contribution < -0.4 is 0 Å². The fourth-order valence-electron chi connectivity index (χ4n) is 4.48. The number of hydrogen-bond acceptors (Lipinski definition) is 2. The molecule has 1 N–H and O–H groups in total. The number of fused-ring (bicyclic) bond motifs is 2. The molecule has 4 rings (SSSR count). The first-order valence-electron chi connectivity index (χ1n) is 9.12. The highest BCUT2D eigenvalue weighted by Crippen LogP contribution is 2.37. The first-order valence-corrected chi connectivity index (χ1v) is 9.12. The van der Waals surface area contributed by atoms with Crippen molar-refractivity contribution in [1.82, 2.24) is 9.88 Å². The number of ketones is 1. The van der Waals surface area contributed by atoms with Crippen LogP contribution in [0.2, 0.25) is 0 Å². The van der Waals surface area contributed by atoms with Crippen molar-refractivity contribution in [3.63, 3.8) is 0 Å². The van der Waals surface area contributed by atoms with E-state index >= 15 is 0 Å². The second-order valence-corrected chi connectivity index (χ2v) is 7.49. The molecule has 0 saturated carbocycles. The van der Waals surface area contributed by atoms with Gasteiger partial charge in [-0.25, -0.2) is 0 Å². The molecular formula is C21H26N2O. The van der Waals surface area contributed by atoms with Crippen LogP contribution in [0.4, 0.5) is 0 Å². The lowest BCUT2D eigenvalue weighted by molar-refractivity contribution is 0.0663. The van der Waals surface area contributed by atoms with Crippen LogP contribution >= 0.6 is 0 Å². The Morgan fingerprint density at radius 2 is 2.00 bits per heavy atom. The van der Waals surface area contributed by atoms with E-state index in [1.165, 1.54) is 11.3 Å². The highest BCUT2D eigenvalue weighted by Gasteiger charge is 2.40. The van der Waals surface area contributed by atoms with Gasteiger partial charge in [-0.1, -0.05) is 30.3 Å². The number of carbonyl (C=O) groups is 1. The third-order valence-corrected chi connectivity index (χ3v) is 6.03. The summed E-state index contributed by atoms with van der Waals surface area (Å²) in [6.45, 7) is 7.27. The molecule has 126 valence electrons. The predicted octanol–water partition coefficient (Wildman–Crippen LogP) is 3.55. The van der Waals surface area contributed by atoms with E-state index in [2.05, 4.69) is 54.1 Å². The lowest BCUT2D eigenvalue weighted by Gasteiger charge is -2.40. The Hall–Kier alpha value is -1.87.